The lowest BCUT2D eigenvalue weighted by atomic mass is 10.2. The third kappa shape index (κ3) is 7.38. The highest BCUT2D eigenvalue weighted by Gasteiger charge is 2.12. The van der Waals surface area contributed by atoms with Gasteiger partial charge in [-0.25, -0.2) is 0 Å². The van der Waals surface area contributed by atoms with Crippen molar-refractivity contribution in [2.24, 2.45) is 0 Å². The molecule has 64 valence electrons. The first-order chi connectivity index (χ1) is 4.95. The molecule has 0 aromatic rings. The lowest BCUT2D eigenvalue weighted by molar-refractivity contribution is -0.0470. The summed E-state index contributed by atoms with van der Waals surface area (Å²) in [5.74, 6) is 2.37. The zero-order valence-electron chi connectivity index (χ0n) is 7.42. The summed E-state index contributed by atoms with van der Waals surface area (Å²) in [6.07, 6.45) is 4.83. The summed E-state index contributed by atoms with van der Waals surface area (Å²) in [5, 5.41) is 9.14. The van der Waals surface area contributed by atoms with E-state index in [2.05, 4.69) is 5.92 Å². The van der Waals surface area contributed by atoms with E-state index in [1.54, 1.807) is 0 Å². The highest BCUT2D eigenvalue weighted by atomic mass is 16.5. The Hall–Kier alpha value is -0.520. The molecule has 0 radical (unpaired) electrons. The van der Waals surface area contributed by atoms with Crippen molar-refractivity contribution in [2.45, 2.75) is 38.9 Å². The normalized spacial score (nSPS) is 14.1. The number of aliphatic hydroxyl groups excluding tert-OH is 1. The van der Waals surface area contributed by atoms with Gasteiger partial charge in [-0.1, -0.05) is 0 Å². The van der Waals surface area contributed by atoms with E-state index in [-0.39, 0.29) is 5.60 Å². The third-order valence-electron chi connectivity index (χ3n) is 1.06. The van der Waals surface area contributed by atoms with Crippen LogP contribution in [0.15, 0.2) is 0 Å². The molecule has 0 aromatic heterocycles. The van der Waals surface area contributed by atoms with E-state index in [0.717, 1.165) is 0 Å². The lowest BCUT2D eigenvalue weighted by Crippen LogP contribution is -2.25. The summed E-state index contributed by atoms with van der Waals surface area (Å²) >= 11 is 0. The van der Waals surface area contributed by atoms with Gasteiger partial charge in [-0.15, -0.1) is 12.3 Å². The Balaban J connectivity index is 3.48. The molecule has 1 unspecified atom stereocenters. The van der Waals surface area contributed by atoms with Gasteiger partial charge in [0, 0.05) is 6.42 Å². The number of ether oxygens (including phenoxy) is 1. The highest BCUT2D eigenvalue weighted by Crippen LogP contribution is 2.07. The van der Waals surface area contributed by atoms with Crippen molar-refractivity contribution in [3.05, 3.63) is 0 Å². The molecule has 11 heavy (non-hydrogen) atoms. The Labute approximate surface area is 68.6 Å². The molecular formula is C9H16O2. The first-order valence-electron chi connectivity index (χ1n) is 3.71. The van der Waals surface area contributed by atoms with Crippen molar-refractivity contribution in [3.63, 3.8) is 0 Å². The molecule has 0 amide bonds. The van der Waals surface area contributed by atoms with Gasteiger partial charge in [0.05, 0.1) is 18.3 Å². The summed E-state index contributed by atoms with van der Waals surface area (Å²) in [4.78, 5) is 0. The third-order valence-corrected chi connectivity index (χ3v) is 1.06. The molecule has 0 aliphatic heterocycles. The minimum atomic E-state index is -0.528. The fourth-order valence-electron chi connectivity index (χ4n) is 0.541. The molecule has 1 N–H and O–H groups in total. The summed E-state index contributed by atoms with van der Waals surface area (Å²) in [5.41, 5.74) is -0.199. The SMILES string of the molecule is C#CCC(O)COC(C)(C)C. The summed E-state index contributed by atoms with van der Waals surface area (Å²) < 4.78 is 5.30. The molecule has 0 fully saturated rings. The first kappa shape index (κ1) is 10.5. The van der Waals surface area contributed by atoms with Crippen molar-refractivity contribution in [1.29, 1.82) is 0 Å². The van der Waals surface area contributed by atoms with Gasteiger partial charge in [-0.05, 0) is 20.8 Å². The zero-order valence-corrected chi connectivity index (χ0v) is 7.42. The van der Waals surface area contributed by atoms with E-state index in [9.17, 15) is 0 Å². The van der Waals surface area contributed by atoms with Crippen molar-refractivity contribution < 1.29 is 9.84 Å². The number of hydrogen-bond donors (Lipinski definition) is 1. The van der Waals surface area contributed by atoms with Gasteiger partial charge in [0.25, 0.3) is 0 Å². The minimum Gasteiger partial charge on any atom is -0.390 e. The maximum absolute atomic E-state index is 9.14. The van der Waals surface area contributed by atoms with Gasteiger partial charge in [-0.2, -0.15) is 0 Å². The van der Waals surface area contributed by atoms with E-state index in [1.807, 2.05) is 20.8 Å². The largest absolute Gasteiger partial charge is 0.390 e. The van der Waals surface area contributed by atoms with E-state index in [0.29, 0.717) is 13.0 Å². The van der Waals surface area contributed by atoms with Gasteiger partial charge < -0.3 is 9.84 Å². The van der Waals surface area contributed by atoms with Gasteiger partial charge in [-0.3, -0.25) is 0 Å². The maximum Gasteiger partial charge on any atom is 0.0882 e. The predicted molar refractivity (Wildman–Crippen MR) is 45.2 cm³/mol. The minimum absolute atomic E-state index is 0.199. The van der Waals surface area contributed by atoms with Gasteiger partial charge in [0.2, 0.25) is 0 Å². The van der Waals surface area contributed by atoms with Crippen LogP contribution in [-0.4, -0.2) is 23.4 Å². The maximum atomic E-state index is 9.14. The second-order valence-electron chi connectivity index (χ2n) is 3.49. The zero-order chi connectivity index (χ0) is 8.91. The van der Waals surface area contributed by atoms with Crippen LogP contribution in [0.3, 0.4) is 0 Å². The Kier molecular flexibility index (Phi) is 4.17. The molecule has 0 aliphatic rings. The highest BCUT2D eigenvalue weighted by molar-refractivity contribution is 4.86. The molecule has 0 rings (SSSR count). The summed E-state index contributed by atoms with van der Waals surface area (Å²) in [7, 11) is 0. The van der Waals surface area contributed by atoms with Crippen LogP contribution in [0.4, 0.5) is 0 Å². The molecule has 0 spiro atoms. The number of aliphatic hydroxyl groups is 1. The Morgan fingerprint density at radius 2 is 2.09 bits per heavy atom. The second kappa shape index (κ2) is 4.38. The molecule has 0 heterocycles. The quantitative estimate of drug-likeness (QED) is 0.622. The average Bonchev–Trinajstić information content (AvgIpc) is 1.83. The standard InChI is InChI=1S/C9H16O2/c1-5-6-8(10)7-11-9(2,3)4/h1,8,10H,6-7H2,2-4H3. The lowest BCUT2D eigenvalue weighted by Gasteiger charge is -2.21. The van der Waals surface area contributed by atoms with Crippen molar-refractivity contribution in [1.82, 2.24) is 0 Å². The van der Waals surface area contributed by atoms with Crippen molar-refractivity contribution in [2.75, 3.05) is 6.61 Å². The molecule has 2 nitrogen and oxygen atoms in total. The fraction of sp³-hybridized carbons (Fsp3) is 0.778. The van der Waals surface area contributed by atoms with Crippen molar-refractivity contribution in [3.8, 4) is 12.3 Å². The van der Waals surface area contributed by atoms with Gasteiger partial charge in [0.15, 0.2) is 0 Å². The first-order valence-corrected chi connectivity index (χ1v) is 3.71. The number of rotatable bonds is 3. The van der Waals surface area contributed by atoms with E-state index < -0.39 is 6.10 Å². The topological polar surface area (TPSA) is 29.5 Å². The van der Waals surface area contributed by atoms with Gasteiger partial charge >= 0.3 is 0 Å². The molecule has 0 aromatic carbocycles. The van der Waals surface area contributed by atoms with E-state index in [1.165, 1.54) is 0 Å². The molecule has 2 heteroatoms. The predicted octanol–water partition coefficient (Wildman–Crippen LogP) is 1.19. The summed E-state index contributed by atoms with van der Waals surface area (Å²) in [6.45, 7) is 6.13. The van der Waals surface area contributed by atoms with Crippen molar-refractivity contribution >= 4 is 0 Å². The Morgan fingerprint density at radius 3 is 2.45 bits per heavy atom. The molecular weight excluding hydrogens is 140 g/mol. The Bertz CT molecular complexity index is 139. The number of hydrogen-bond acceptors (Lipinski definition) is 2. The van der Waals surface area contributed by atoms with Crippen LogP contribution in [0.25, 0.3) is 0 Å². The second-order valence-corrected chi connectivity index (χ2v) is 3.49. The van der Waals surface area contributed by atoms with E-state index in [4.69, 9.17) is 16.3 Å². The average molecular weight is 156 g/mol. The Morgan fingerprint density at radius 1 is 1.55 bits per heavy atom. The van der Waals surface area contributed by atoms with Crippen LogP contribution >= 0.6 is 0 Å². The fourth-order valence-corrected chi connectivity index (χ4v) is 0.541. The monoisotopic (exact) mass is 156 g/mol. The van der Waals surface area contributed by atoms with Crippen LogP contribution in [0.5, 0.6) is 0 Å². The summed E-state index contributed by atoms with van der Waals surface area (Å²) in [6, 6.07) is 0. The smallest absolute Gasteiger partial charge is 0.0882 e. The molecule has 0 bridgehead atoms. The molecule has 0 saturated heterocycles. The molecule has 0 aliphatic carbocycles. The molecule has 0 saturated carbocycles. The molecule has 1 atom stereocenters. The van der Waals surface area contributed by atoms with Crippen LogP contribution < -0.4 is 0 Å². The van der Waals surface area contributed by atoms with Crippen LogP contribution in [0.1, 0.15) is 27.2 Å². The van der Waals surface area contributed by atoms with Crippen LogP contribution in [-0.2, 0) is 4.74 Å². The number of terminal acetylenes is 1. The van der Waals surface area contributed by atoms with Gasteiger partial charge in [0.1, 0.15) is 0 Å². The van der Waals surface area contributed by atoms with E-state index >= 15 is 0 Å². The van der Waals surface area contributed by atoms with Crippen LogP contribution in [0.2, 0.25) is 0 Å². The van der Waals surface area contributed by atoms with Crippen LogP contribution in [0, 0.1) is 12.3 Å².